The van der Waals surface area contributed by atoms with Gasteiger partial charge in [-0.1, -0.05) is 29.8 Å². The number of aromatic nitrogens is 2. The fraction of sp³-hybridized carbons (Fsp3) is 0.150. The molecule has 138 valence electrons. The molecule has 27 heavy (non-hydrogen) atoms. The van der Waals surface area contributed by atoms with Gasteiger partial charge in [-0.15, -0.1) is 0 Å². The van der Waals surface area contributed by atoms with E-state index in [2.05, 4.69) is 20.6 Å². The summed E-state index contributed by atoms with van der Waals surface area (Å²) in [5.74, 6) is 0.566. The maximum Gasteiger partial charge on any atom is 0.339 e. The number of hydrogen-bond acceptors (Lipinski definition) is 6. The van der Waals surface area contributed by atoms with Crippen LogP contribution in [0.1, 0.15) is 21.6 Å². The summed E-state index contributed by atoms with van der Waals surface area (Å²) in [5, 5.41) is 7.02. The van der Waals surface area contributed by atoms with E-state index in [1.165, 1.54) is 7.11 Å². The third-order valence-corrected chi connectivity index (χ3v) is 4.37. The van der Waals surface area contributed by atoms with E-state index < -0.39 is 5.97 Å². The number of hydrogen-bond donors (Lipinski definition) is 2. The van der Waals surface area contributed by atoms with Gasteiger partial charge in [-0.05, 0) is 43.7 Å². The Morgan fingerprint density at radius 1 is 1.00 bits per heavy atom. The zero-order chi connectivity index (χ0) is 19.4. The van der Waals surface area contributed by atoms with Crippen molar-refractivity contribution in [3.8, 4) is 0 Å². The van der Waals surface area contributed by atoms with Crippen molar-refractivity contribution in [1.29, 1.82) is 0 Å². The summed E-state index contributed by atoms with van der Waals surface area (Å²) in [6.07, 6.45) is 0. The quantitative estimate of drug-likeness (QED) is 0.603. The number of nitrogens with zero attached hydrogens (tertiary/aromatic N) is 2. The van der Waals surface area contributed by atoms with Crippen molar-refractivity contribution in [1.82, 2.24) is 9.97 Å². The molecule has 0 aliphatic carbocycles. The first-order chi connectivity index (χ1) is 13.0. The number of methoxy groups -OCH3 is 1. The number of halogens is 1. The number of aryl methyl sites for hydroxylation is 1. The third-order valence-electron chi connectivity index (χ3n) is 3.96. The molecule has 0 spiro atoms. The van der Waals surface area contributed by atoms with Crippen molar-refractivity contribution in [2.24, 2.45) is 0 Å². The zero-order valence-corrected chi connectivity index (χ0v) is 16.0. The van der Waals surface area contributed by atoms with Gasteiger partial charge in [0.05, 0.1) is 18.4 Å². The molecule has 0 fully saturated rings. The average molecular weight is 383 g/mol. The lowest BCUT2D eigenvalue weighted by Crippen LogP contribution is -2.07. The molecule has 3 rings (SSSR count). The van der Waals surface area contributed by atoms with Crippen LogP contribution in [0.5, 0.6) is 0 Å². The number of anilines is 4. The molecule has 1 aromatic heterocycles. The predicted octanol–water partition coefficient (Wildman–Crippen LogP) is 5.02. The van der Waals surface area contributed by atoms with Crippen LogP contribution in [0.2, 0.25) is 5.02 Å². The van der Waals surface area contributed by atoms with Gasteiger partial charge in [-0.3, -0.25) is 0 Å². The highest BCUT2D eigenvalue weighted by Crippen LogP contribution is 2.26. The number of rotatable bonds is 5. The normalized spacial score (nSPS) is 10.4. The van der Waals surface area contributed by atoms with Crippen LogP contribution in [0.3, 0.4) is 0 Å². The lowest BCUT2D eigenvalue weighted by atomic mass is 10.2. The Kier molecular flexibility index (Phi) is 5.57. The highest BCUT2D eigenvalue weighted by Gasteiger charge is 2.12. The van der Waals surface area contributed by atoms with E-state index in [0.717, 1.165) is 16.9 Å². The first-order valence-electron chi connectivity index (χ1n) is 8.30. The van der Waals surface area contributed by atoms with Crippen LogP contribution in [0.25, 0.3) is 0 Å². The molecule has 2 aromatic carbocycles. The van der Waals surface area contributed by atoms with E-state index in [1.54, 1.807) is 24.3 Å². The maximum absolute atomic E-state index is 11.9. The fourth-order valence-corrected chi connectivity index (χ4v) is 2.74. The monoisotopic (exact) mass is 382 g/mol. The number of esters is 1. The molecule has 1 heterocycles. The minimum Gasteiger partial charge on any atom is -0.465 e. The molecule has 0 aliphatic heterocycles. The zero-order valence-electron chi connectivity index (χ0n) is 15.2. The number of nitrogens with one attached hydrogen (secondary N) is 2. The molecule has 6 nitrogen and oxygen atoms in total. The molecule has 0 atom stereocenters. The summed E-state index contributed by atoms with van der Waals surface area (Å²) in [6, 6.07) is 14.5. The molecule has 0 amide bonds. The fourth-order valence-electron chi connectivity index (χ4n) is 2.57. The van der Waals surface area contributed by atoms with Crippen LogP contribution >= 0.6 is 11.6 Å². The number of benzene rings is 2. The van der Waals surface area contributed by atoms with Crippen LogP contribution in [-0.2, 0) is 4.74 Å². The lowest BCUT2D eigenvalue weighted by Gasteiger charge is -2.13. The second-order valence-corrected chi connectivity index (χ2v) is 6.32. The minimum atomic E-state index is -0.420. The molecule has 0 radical (unpaired) electrons. The Bertz CT molecular complexity index is 991. The summed E-state index contributed by atoms with van der Waals surface area (Å²) in [7, 11) is 1.35. The van der Waals surface area contributed by atoms with E-state index in [1.807, 2.05) is 38.1 Å². The lowest BCUT2D eigenvalue weighted by molar-refractivity contribution is 0.0602. The third kappa shape index (κ3) is 4.35. The Morgan fingerprint density at radius 2 is 1.74 bits per heavy atom. The highest BCUT2D eigenvalue weighted by atomic mass is 35.5. The molecule has 0 saturated heterocycles. The van der Waals surface area contributed by atoms with Gasteiger partial charge in [0.25, 0.3) is 0 Å². The van der Waals surface area contributed by atoms with Gasteiger partial charge >= 0.3 is 5.97 Å². The smallest absolute Gasteiger partial charge is 0.339 e. The largest absolute Gasteiger partial charge is 0.465 e. The number of para-hydroxylation sites is 1. The predicted molar refractivity (Wildman–Crippen MR) is 107 cm³/mol. The van der Waals surface area contributed by atoms with Gasteiger partial charge in [0.15, 0.2) is 0 Å². The second-order valence-electron chi connectivity index (χ2n) is 5.92. The van der Waals surface area contributed by atoms with Crippen LogP contribution in [0.4, 0.5) is 23.1 Å². The van der Waals surface area contributed by atoms with Crippen molar-refractivity contribution < 1.29 is 9.53 Å². The molecule has 0 unspecified atom stereocenters. The molecule has 0 aliphatic rings. The van der Waals surface area contributed by atoms with Crippen molar-refractivity contribution in [3.63, 3.8) is 0 Å². The van der Waals surface area contributed by atoms with Crippen molar-refractivity contribution in [3.05, 3.63) is 70.4 Å². The summed E-state index contributed by atoms with van der Waals surface area (Å²) in [5.41, 5.74) is 3.54. The molecule has 2 N–H and O–H groups in total. The first-order valence-corrected chi connectivity index (χ1v) is 8.68. The van der Waals surface area contributed by atoms with Gasteiger partial charge in [0.2, 0.25) is 5.95 Å². The molecular weight excluding hydrogens is 364 g/mol. The van der Waals surface area contributed by atoms with Gasteiger partial charge in [0.1, 0.15) is 5.82 Å². The number of carbonyl (C=O) groups excluding carboxylic acids is 1. The average Bonchev–Trinajstić information content (AvgIpc) is 2.65. The van der Waals surface area contributed by atoms with E-state index >= 15 is 0 Å². The summed E-state index contributed by atoms with van der Waals surface area (Å²) in [4.78, 5) is 20.9. The summed E-state index contributed by atoms with van der Waals surface area (Å²) < 4.78 is 4.83. The topological polar surface area (TPSA) is 76.1 Å². The first kappa shape index (κ1) is 18.7. The van der Waals surface area contributed by atoms with Crippen LogP contribution in [-0.4, -0.2) is 23.0 Å². The van der Waals surface area contributed by atoms with Gasteiger partial charge < -0.3 is 15.4 Å². The SMILES string of the molecule is COC(=O)c1ccccc1Nc1cc(C)nc(Nc2cccc(Cl)c2C)n1. The second kappa shape index (κ2) is 8.05. The Labute approximate surface area is 162 Å². The standard InChI is InChI=1S/C20H19ClN4O2/c1-12-11-18(23-17-9-5-4-7-14(17)19(26)27-3)25-20(22-12)24-16-10-6-8-15(21)13(16)2/h4-11H,1-3H3,(H2,22,23,24,25). The van der Waals surface area contributed by atoms with Crippen molar-refractivity contribution in [2.45, 2.75) is 13.8 Å². The molecular formula is C20H19ClN4O2. The number of carbonyl (C=O) groups is 1. The Morgan fingerprint density at radius 3 is 2.52 bits per heavy atom. The van der Waals surface area contributed by atoms with E-state index in [-0.39, 0.29) is 0 Å². The molecule has 7 heteroatoms. The van der Waals surface area contributed by atoms with Gasteiger partial charge in [0, 0.05) is 22.5 Å². The summed E-state index contributed by atoms with van der Waals surface area (Å²) >= 11 is 6.17. The molecule has 3 aromatic rings. The molecule has 0 saturated carbocycles. The van der Waals surface area contributed by atoms with Crippen LogP contribution < -0.4 is 10.6 Å². The van der Waals surface area contributed by atoms with Gasteiger partial charge in [-0.25, -0.2) is 9.78 Å². The summed E-state index contributed by atoms with van der Waals surface area (Å²) in [6.45, 7) is 3.79. The Balaban J connectivity index is 1.91. The Hall–Kier alpha value is -3.12. The van der Waals surface area contributed by atoms with E-state index in [4.69, 9.17) is 16.3 Å². The van der Waals surface area contributed by atoms with E-state index in [9.17, 15) is 4.79 Å². The highest BCUT2D eigenvalue weighted by molar-refractivity contribution is 6.31. The van der Waals surface area contributed by atoms with Gasteiger partial charge in [-0.2, -0.15) is 4.98 Å². The number of ether oxygens (including phenoxy) is 1. The van der Waals surface area contributed by atoms with Crippen molar-refractivity contribution >= 4 is 40.7 Å². The van der Waals surface area contributed by atoms with Crippen molar-refractivity contribution in [2.75, 3.05) is 17.7 Å². The maximum atomic E-state index is 11.9. The molecule has 0 bridgehead atoms. The van der Waals surface area contributed by atoms with E-state index in [0.29, 0.717) is 28.0 Å². The van der Waals surface area contributed by atoms with Crippen LogP contribution in [0, 0.1) is 13.8 Å². The minimum absolute atomic E-state index is 0.420. The van der Waals surface area contributed by atoms with Crippen LogP contribution in [0.15, 0.2) is 48.5 Å².